The Balaban J connectivity index is 2.54. The van der Waals surface area contributed by atoms with Crippen molar-refractivity contribution in [3.05, 3.63) is 0 Å². The maximum Gasteiger partial charge on any atom is 0.225 e. The summed E-state index contributed by atoms with van der Waals surface area (Å²) in [7, 11) is 0. The molecule has 0 aromatic heterocycles. The summed E-state index contributed by atoms with van der Waals surface area (Å²) in [6, 6.07) is 0.288. The fourth-order valence-corrected chi connectivity index (χ4v) is 2.17. The minimum Gasteiger partial charge on any atom is -0.342 e. The van der Waals surface area contributed by atoms with Crippen molar-refractivity contribution in [2.45, 2.75) is 46.1 Å². The molecular weight excluding hydrogens is 188 g/mol. The molecule has 1 aliphatic heterocycles. The first-order valence-electron chi connectivity index (χ1n) is 6.14. The van der Waals surface area contributed by atoms with E-state index in [1.54, 1.807) is 0 Å². The Kier molecular flexibility index (Phi) is 4.58. The highest BCUT2D eigenvalue weighted by Crippen LogP contribution is 2.20. The molecule has 0 aromatic rings. The van der Waals surface area contributed by atoms with Gasteiger partial charge in [0.2, 0.25) is 5.91 Å². The summed E-state index contributed by atoms with van der Waals surface area (Å²) in [6.07, 6.45) is 2.96. The molecule has 1 heterocycles. The van der Waals surface area contributed by atoms with Crippen LogP contribution < -0.4 is 5.73 Å². The maximum absolute atomic E-state index is 12.0. The fourth-order valence-electron chi connectivity index (χ4n) is 2.17. The molecule has 0 saturated carbocycles. The number of rotatable bonds is 3. The van der Waals surface area contributed by atoms with Crippen LogP contribution in [0.5, 0.6) is 0 Å². The van der Waals surface area contributed by atoms with E-state index in [2.05, 4.69) is 13.8 Å². The lowest BCUT2D eigenvalue weighted by atomic mass is 9.90. The van der Waals surface area contributed by atoms with Crippen molar-refractivity contribution in [3.63, 3.8) is 0 Å². The normalized spacial score (nSPS) is 28.9. The van der Waals surface area contributed by atoms with E-state index >= 15 is 0 Å². The van der Waals surface area contributed by atoms with Gasteiger partial charge in [0, 0.05) is 25.0 Å². The Labute approximate surface area is 93.0 Å². The van der Waals surface area contributed by atoms with Gasteiger partial charge in [-0.2, -0.15) is 0 Å². The largest absolute Gasteiger partial charge is 0.342 e. The SMILES string of the molecule is CCC(C)C(=O)N1CCC(N)C(CC)C1. The number of likely N-dealkylation sites (tertiary alicyclic amines) is 1. The fraction of sp³-hybridized carbons (Fsp3) is 0.917. The van der Waals surface area contributed by atoms with E-state index in [9.17, 15) is 4.79 Å². The Morgan fingerprint density at radius 2 is 2.20 bits per heavy atom. The standard InChI is InChI=1S/C12H24N2O/c1-4-9(3)12(15)14-7-6-11(13)10(5-2)8-14/h9-11H,4-8,13H2,1-3H3. The summed E-state index contributed by atoms with van der Waals surface area (Å²) in [5.74, 6) is 0.964. The number of nitrogens with zero attached hydrogens (tertiary/aromatic N) is 1. The van der Waals surface area contributed by atoms with Crippen LogP contribution in [0, 0.1) is 11.8 Å². The molecule has 0 aliphatic carbocycles. The van der Waals surface area contributed by atoms with Crippen molar-refractivity contribution in [2.75, 3.05) is 13.1 Å². The highest BCUT2D eigenvalue weighted by Gasteiger charge is 2.29. The Bertz CT molecular complexity index is 218. The van der Waals surface area contributed by atoms with Crippen LogP contribution in [0.2, 0.25) is 0 Å². The molecule has 0 bridgehead atoms. The van der Waals surface area contributed by atoms with Gasteiger partial charge in [-0.3, -0.25) is 4.79 Å². The Hall–Kier alpha value is -0.570. The topological polar surface area (TPSA) is 46.3 Å². The van der Waals surface area contributed by atoms with Crippen LogP contribution in [-0.2, 0) is 4.79 Å². The minimum absolute atomic E-state index is 0.164. The third-order valence-electron chi connectivity index (χ3n) is 3.66. The van der Waals surface area contributed by atoms with Crippen LogP contribution in [-0.4, -0.2) is 29.9 Å². The van der Waals surface area contributed by atoms with Gasteiger partial charge < -0.3 is 10.6 Å². The van der Waals surface area contributed by atoms with Crippen LogP contribution in [0.25, 0.3) is 0 Å². The molecule has 3 heteroatoms. The molecule has 2 N–H and O–H groups in total. The van der Waals surface area contributed by atoms with Gasteiger partial charge in [0.15, 0.2) is 0 Å². The number of amides is 1. The van der Waals surface area contributed by atoms with E-state index in [4.69, 9.17) is 5.73 Å². The summed E-state index contributed by atoms with van der Waals surface area (Å²) in [4.78, 5) is 14.0. The van der Waals surface area contributed by atoms with Crippen LogP contribution in [0.15, 0.2) is 0 Å². The zero-order valence-electron chi connectivity index (χ0n) is 10.2. The van der Waals surface area contributed by atoms with E-state index in [0.717, 1.165) is 32.4 Å². The van der Waals surface area contributed by atoms with Crippen molar-refractivity contribution >= 4 is 5.91 Å². The molecule has 1 amide bonds. The van der Waals surface area contributed by atoms with Crippen molar-refractivity contribution in [1.29, 1.82) is 0 Å². The lowest BCUT2D eigenvalue weighted by Gasteiger charge is -2.37. The third-order valence-corrected chi connectivity index (χ3v) is 3.66. The average Bonchev–Trinajstić information content (AvgIpc) is 2.27. The van der Waals surface area contributed by atoms with Crippen molar-refractivity contribution in [1.82, 2.24) is 4.90 Å². The van der Waals surface area contributed by atoms with E-state index < -0.39 is 0 Å². The first-order valence-corrected chi connectivity index (χ1v) is 6.14. The van der Waals surface area contributed by atoms with Crippen LogP contribution >= 0.6 is 0 Å². The first kappa shape index (κ1) is 12.5. The van der Waals surface area contributed by atoms with Gasteiger partial charge in [0.05, 0.1) is 0 Å². The van der Waals surface area contributed by atoms with Gasteiger partial charge in [-0.25, -0.2) is 0 Å². The smallest absolute Gasteiger partial charge is 0.225 e. The number of nitrogens with two attached hydrogens (primary N) is 1. The highest BCUT2D eigenvalue weighted by atomic mass is 16.2. The van der Waals surface area contributed by atoms with Crippen LogP contribution in [0.4, 0.5) is 0 Å². The molecule has 0 radical (unpaired) electrons. The predicted molar refractivity (Wildman–Crippen MR) is 62.4 cm³/mol. The second-order valence-corrected chi connectivity index (χ2v) is 4.71. The summed E-state index contributed by atoms with van der Waals surface area (Å²) in [5.41, 5.74) is 6.02. The number of hydrogen-bond acceptors (Lipinski definition) is 2. The third kappa shape index (κ3) is 2.94. The molecule has 88 valence electrons. The summed E-state index contributed by atoms with van der Waals surface area (Å²) in [5, 5.41) is 0. The predicted octanol–water partition coefficient (Wildman–Crippen LogP) is 1.62. The van der Waals surface area contributed by atoms with Crippen LogP contribution in [0.3, 0.4) is 0 Å². The molecule has 1 rings (SSSR count). The molecule has 15 heavy (non-hydrogen) atoms. The summed E-state index contributed by atoms with van der Waals surface area (Å²) in [6.45, 7) is 7.94. The van der Waals surface area contributed by atoms with Gasteiger partial charge in [-0.1, -0.05) is 27.2 Å². The second kappa shape index (κ2) is 5.50. The molecule has 3 atom stereocenters. The molecule has 3 unspecified atom stereocenters. The van der Waals surface area contributed by atoms with E-state index in [-0.39, 0.29) is 12.0 Å². The van der Waals surface area contributed by atoms with Gasteiger partial charge in [0.1, 0.15) is 0 Å². The molecule has 0 spiro atoms. The van der Waals surface area contributed by atoms with Crippen molar-refractivity contribution in [3.8, 4) is 0 Å². The average molecular weight is 212 g/mol. The molecule has 1 fully saturated rings. The van der Waals surface area contributed by atoms with E-state index in [0.29, 0.717) is 11.8 Å². The van der Waals surface area contributed by atoms with Crippen LogP contribution in [0.1, 0.15) is 40.0 Å². The first-order chi connectivity index (χ1) is 7.10. The number of hydrogen-bond donors (Lipinski definition) is 1. The van der Waals surface area contributed by atoms with Gasteiger partial charge in [-0.05, 0) is 18.8 Å². The molecule has 0 aromatic carbocycles. The quantitative estimate of drug-likeness (QED) is 0.772. The minimum atomic E-state index is 0.164. The Morgan fingerprint density at radius 1 is 1.53 bits per heavy atom. The molecular formula is C12H24N2O. The van der Waals surface area contributed by atoms with Crippen molar-refractivity contribution < 1.29 is 4.79 Å². The van der Waals surface area contributed by atoms with Gasteiger partial charge in [-0.15, -0.1) is 0 Å². The molecule has 3 nitrogen and oxygen atoms in total. The second-order valence-electron chi connectivity index (χ2n) is 4.71. The van der Waals surface area contributed by atoms with Gasteiger partial charge in [0.25, 0.3) is 0 Å². The molecule has 1 aliphatic rings. The zero-order valence-corrected chi connectivity index (χ0v) is 10.2. The maximum atomic E-state index is 12.0. The molecule has 1 saturated heterocycles. The van der Waals surface area contributed by atoms with Gasteiger partial charge >= 0.3 is 0 Å². The van der Waals surface area contributed by atoms with E-state index in [1.807, 2.05) is 11.8 Å². The summed E-state index contributed by atoms with van der Waals surface area (Å²) < 4.78 is 0. The van der Waals surface area contributed by atoms with Crippen molar-refractivity contribution in [2.24, 2.45) is 17.6 Å². The highest BCUT2D eigenvalue weighted by molar-refractivity contribution is 5.78. The zero-order chi connectivity index (χ0) is 11.4. The van der Waals surface area contributed by atoms with E-state index in [1.165, 1.54) is 0 Å². The number of carbonyl (C=O) groups excluding carboxylic acids is 1. The monoisotopic (exact) mass is 212 g/mol. The number of carbonyl (C=O) groups is 1. The lowest BCUT2D eigenvalue weighted by Crippen LogP contribution is -2.50. The summed E-state index contributed by atoms with van der Waals surface area (Å²) >= 11 is 0. The number of piperidine rings is 1. The lowest BCUT2D eigenvalue weighted by molar-refractivity contribution is -0.137. The Morgan fingerprint density at radius 3 is 2.73 bits per heavy atom.